The highest BCUT2D eigenvalue weighted by Crippen LogP contribution is 2.70. The van der Waals surface area contributed by atoms with Gasteiger partial charge in [0.2, 0.25) is 0 Å². The van der Waals surface area contributed by atoms with Crippen molar-refractivity contribution in [1.29, 1.82) is 0 Å². The minimum absolute atomic E-state index is 0.0509. The van der Waals surface area contributed by atoms with E-state index < -0.39 is 29.3 Å². The molecule has 0 radical (unpaired) electrons. The molecule has 0 aliphatic heterocycles. The molecule has 96 valence electrons. The summed E-state index contributed by atoms with van der Waals surface area (Å²) in [6.07, 6.45) is -4.73. The second-order valence-corrected chi connectivity index (χ2v) is 4.44. The lowest BCUT2D eigenvalue weighted by atomic mass is 9.63. The van der Waals surface area contributed by atoms with E-state index in [0.29, 0.717) is 0 Å². The third-order valence-corrected chi connectivity index (χ3v) is 3.54. The van der Waals surface area contributed by atoms with Crippen LogP contribution in [0.25, 0.3) is 6.08 Å². The van der Waals surface area contributed by atoms with Gasteiger partial charge in [-0.2, -0.15) is 13.2 Å². The van der Waals surface area contributed by atoms with Crippen molar-refractivity contribution in [2.45, 2.75) is 23.7 Å². The maximum Gasteiger partial charge on any atom is 0.432 e. The normalized spacial score (nSPS) is 32.3. The van der Waals surface area contributed by atoms with E-state index >= 15 is 0 Å². The van der Waals surface area contributed by atoms with Gasteiger partial charge >= 0.3 is 12.1 Å². The molecular weight excluding hydrogens is 258 g/mol. The monoisotopic (exact) mass is 264 g/mol. The number of hydrogen-bond donors (Lipinski definition) is 0. The number of benzene rings is 1. The average Bonchev–Trinajstić information content (AvgIpc) is 2.64. The van der Waals surface area contributed by atoms with Crippen molar-refractivity contribution in [3.05, 3.63) is 41.0 Å². The van der Waals surface area contributed by atoms with Crippen LogP contribution in [0, 0.1) is 0 Å². The van der Waals surface area contributed by atoms with Crippen LogP contribution in [0.5, 0.6) is 0 Å². The first kappa shape index (κ1) is 11.6. The molecule has 2 aliphatic carbocycles. The molecule has 1 fully saturated rings. The van der Waals surface area contributed by atoms with Crippen molar-refractivity contribution in [3.63, 3.8) is 0 Å². The van der Waals surface area contributed by atoms with Gasteiger partial charge in [-0.25, -0.2) is 13.2 Å². The predicted molar refractivity (Wildman–Crippen MR) is 52.0 cm³/mol. The van der Waals surface area contributed by atoms with Crippen LogP contribution in [0.1, 0.15) is 17.0 Å². The maximum absolute atomic E-state index is 13.8. The van der Waals surface area contributed by atoms with E-state index in [4.69, 9.17) is 0 Å². The van der Waals surface area contributed by atoms with E-state index in [0.717, 1.165) is 6.08 Å². The Kier molecular flexibility index (Phi) is 1.89. The van der Waals surface area contributed by atoms with Crippen LogP contribution >= 0.6 is 0 Å². The lowest BCUT2D eigenvalue weighted by Crippen LogP contribution is -2.68. The van der Waals surface area contributed by atoms with E-state index in [-0.39, 0.29) is 11.1 Å². The summed E-state index contributed by atoms with van der Waals surface area (Å²) in [5.74, 6) is -6.25. The first-order valence-corrected chi connectivity index (χ1v) is 5.15. The molecule has 2 atom stereocenters. The Morgan fingerprint density at radius 3 is 2.22 bits per heavy atom. The van der Waals surface area contributed by atoms with Crippen LogP contribution in [0.2, 0.25) is 0 Å². The lowest BCUT2D eigenvalue weighted by Gasteiger charge is -2.50. The van der Waals surface area contributed by atoms with Gasteiger partial charge in [-0.1, -0.05) is 30.3 Å². The van der Waals surface area contributed by atoms with E-state index in [2.05, 4.69) is 0 Å². The van der Waals surface area contributed by atoms with Crippen molar-refractivity contribution in [2.24, 2.45) is 0 Å². The van der Waals surface area contributed by atoms with Gasteiger partial charge in [0.05, 0.1) is 5.92 Å². The third-order valence-electron chi connectivity index (χ3n) is 3.54. The summed E-state index contributed by atoms with van der Waals surface area (Å²) in [6.45, 7) is 0. The Balaban J connectivity index is 2.18. The molecule has 6 heteroatoms. The van der Waals surface area contributed by atoms with E-state index in [9.17, 15) is 26.3 Å². The fourth-order valence-electron chi connectivity index (χ4n) is 2.68. The van der Waals surface area contributed by atoms with Crippen LogP contribution in [-0.4, -0.2) is 17.8 Å². The summed E-state index contributed by atoms with van der Waals surface area (Å²) < 4.78 is 78.6. The fraction of sp³-hybridized carbons (Fsp3) is 0.333. The Bertz CT molecular complexity index is 556. The number of alkyl halides is 6. The van der Waals surface area contributed by atoms with E-state index in [1.54, 1.807) is 0 Å². The van der Waals surface area contributed by atoms with Gasteiger partial charge < -0.3 is 0 Å². The highest BCUT2D eigenvalue weighted by molar-refractivity contribution is 5.75. The van der Waals surface area contributed by atoms with Crippen LogP contribution < -0.4 is 0 Å². The molecule has 0 nitrogen and oxygen atoms in total. The van der Waals surface area contributed by atoms with Gasteiger partial charge in [0.15, 0.2) is 0 Å². The highest BCUT2D eigenvalue weighted by Gasteiger charge is 2.85. The van der Waals surface area contributed by atoms with Gasteiger partial charge in [-0.3, -0.25) is 0 Å². The molecule has 0 aromatic heterocycles. The first-order chi connectivity index (χ1) is 8.21. The zero-order valence-electron chi connectivity index (χ0n) is 8.73. The summed E-state index contributed by atoms with van der Waals surface area (Å²) in [5, 5.41) is 0. The minimum Gasteiger partial charge on any atom is -0.222 e. The smallest absolute Gasteiger partial charge is 0.222 e. The lowest BCUT2D eigenvalue weighted by molar-refractivity contribution is -0.320. The Morgan fingerprint density at radius 1 is 1.00 bits per heavy atom. The highest BCUT2D eigenvalue weighted by atomic mass is 19.4. The van der Waals surface area contributed by atoms with Gasteiger partial charge in [-0.15, -0.1) is 0 Å². The third kappa shape index (κ3) is 1.00. The molecule has 1 saturated carbocycles. The summed E-state index contributed by atoms with van der Waals surface area (Å²) in [5.41, 5.74) is -5.15. The molecule has 0 heterocycles. The molecule has 0 spiro atoms. The van der Waals surface area contributed by atoms with Crippen LogP contribution in [0.15, 0.2) is 29.8 Å². The molecule has 0 saturated heterocycles. The average molecular weight is 264 g/mol. The molecule has 1 aromatic carbocycles. The number of fused-ring (bicyclic) bond motifs is 3. The van der Waals surface area contributed by atoms with Crippen molar-refractivity contribution in [1.82, 2.24) is 0 Å². The second-order valence-electron chi connectivity index (χ2n) is 4.44. The fourth-order valence-corrected chi connectivity index (χ4v) is 2.68. The topological polar surface area (TPSA) is 0 Å². The van der Waals surface area contributed by atoms with Crippen molar-refractivity contribution >= 4 is 6.08 Å². The number of halogens is 6. The summed E-state index contributed by atoms with van der Waals surface area (Å²) in [4.78, 5) is 0. The molecule has 1 aromatic rings. The second kappa shape index (κ2) is 2.92. The molecule has 0 N–H and O–H groups in total. The van der Waals surface area contributed by atoms with Crippen molar-refractivity contribution in [3.8, 4) is 0 Å². The van der Waals surface area contributed by atoms with E-state index in [1.807, 2.05) is 0 Å². The molecule has 3 rings (SSSR count). The van der Waals surface area contributed by atoms with Crippen LogP contribution in [-0.2, 0) is 0 Å². The quantitative estimate of drug-likeness (QED) is 0.619. The Labute approximate surface area is 97.9 Å². The predicted octanol–water partition coefficient (Wildman–Crippen LogP) is 4.09. The zero-order valence-corrected chi connectivity index (χ0v) is 8.73. The molecule has 18 heavy (non-hydrogen) atoms. The number of rotatable bonds is 0. The van der Waals surface area contributed by atoms with Crippen LogP contribution in [0.3, 0.4) is 0 Å². The van der Waals surface area contributed by atoms with Crippen molar-refractivity contribution in [2.75, 3.05) is 0 Å². The summed E-state index contributed by atoms with van der Waals surface area (Å²) in [6, 6.07) is 5.64. The summed E-state index contributed by atoms with van der Waals surface area (Å²) >= 11 is 0. The zero-order chi connectivity index (χ0) is 13.3. The van der Waals surface area contributed by atoms with E-state index in [1.165, 1.54) is 24.3 Å². The van der Waals surface area contributed by atoms with Gasteiger partial charge in [0.25, 0.3) is 5.67 Å². The molecule has 0 amide bonds. The molecule has 2 unspecified atom stereocenters. The minimum atomic E-state index is -5.61. The maximum atomic E-state index is 13.8. The van der Waals surface area contributed by atoms with Crippen LogP contribution in [0.4, 0.5) is 26.3 Å². The molecular formula is C12H6F6. The number of hydrogen-bond acceptors (Lipinski definition) is 0. The first-order valence-electron chi connectivity index (χ1n) is 5.15. The SMILES string of the molecule is FC(F)(F)C1(F)C2=Cc3ccccc3C2C1(F)F. The van der Waals surface area contributed by atoms with Gasteiger partial charge in [0.1, 0.15) is 0 Å². The number of allylic oxidation sites excluding steroid dienone is 1. The largest absolute Gasteiger partial charge is 0.432 e. The standard InChI is InChI=1S/C12H6F6/c13-10(12(16,17)18)8-5-6-3-1-2-4-7(6)9(8)11(10,14)15/h1-5,9H. The van der Waals surface area contributed by atoms with Gasteiger partial charge in [-0.05, 0) is 16.7 Å². The molecule has 0 bridgehead atoms. The molecule has 2 aliphatic rings. The Morgan fingerprint density at radius 2 is 1.61 bits per heavy atom. The van der Waals surface area contributed by atoms with Gasteiger partial charge in [0, 0.05) is 0 Å². The Hall–Kier alpha value is -1.46. The van der Waals surface area contributed by atoms with Crippen molar-refractivity contribution < 1.29 is 26.3 Å². The summed E-state index contributed by atoms with van der Waals surface area (Å²) in [7, 11) is 0.